The van der Waals surface area contributed by atoms with Crippen LogP contribution in [0.5, 0.6) is 0 Å². The number of nitrogens with zero attached hydrogens (tertiary/aromatic N) is 2. The van der Waals surface area contributed by atoms with Crippen molar-refractivity contribution >= 4 is 0 Å². The number of H-pyrrole nitrogens is 1. The summed E-state index contributed by atoms with van der Waals surface area (Å²) in [4.78, 5) is 20.1. The highest BCUT2D eigenvalue weighted by Crippen LogP contribution is 2.16. The van der Waals surface area contributed by atoms with Crippen LogP contribution < -0.4 is 5.43 Å². The average Bonchev–Trinajstić information content (AvgIpc) is 2.65. The minimum absolute atomic E-state index is 0.180. The molecule has 1 atom stereocenters. The molecule has 112 valence electrons. The van der Waals surface area contributed by atoms with Crippen LogP contribution in [0.15, 0.2) is 11.0 Å². The van der Waals surface area contributed by atoms with Gasteiger partial charge in [-0.2, -0.15) is 0 Å². The van der Waals surface area contributed by atoms with Crippen molar-refractivity contribution in [3.05, 3.63) is 33.2 Å². The summed E-state index contributed by atoms with van der Waals surface area (Å²) in [5, 5.41) is 0. The van der Waals surface area contributed by atoms with Crippen molar-refractivity contribution in [1.82, 2.24) is 14.8 Å². The first-order chi connectivity index (χ1) is 9.49. The molecule has 0 aliphatic carbocycles. The molecule has 0 radical (unpaired) electrons. The first-order valence-corrected chi connectivity index (χ1v) is 7.55. The summed E-state index contributed by atoms with van der Waals surface area (Å²) in [5.74, 6) is 0. The fourth-order valence-corrected chi connectivity index (χ4v) is 3.00. The molecular weight excluding hydrogens is 250 g/mol. The fraction of sp³-hybridized carbons (Fsp3) is 0.688. The molecule has 0 aromatic carbocycles. The SMILES string of the molecule is Cc1c[nH]c(CN2CCCC(N(C)C)CC2)c(C)c1=O. The molecule has 1 aliphatic heterocycles. The third-order valence-corrected chi connectivity index (χ3v) is 4.52. The fourth-order valence-electron chi connectivity index (χ4n) is 3.00. The number of likely N-dealkylation sites (tertiary alicyclic amines) is 1. The van der Waals surface area contributed by atoms with Gasteiger partial charge in [0.1, 0.15) is 0 Å². The number of rotatable bonds is 3. The van der Waals surface area contributed by atoms with Gasteiger partial charge in [-0.1, -0.05) is 0 Å². The number of pyridine rings is 1. The molecule has 2 rings (SSSR count). The summed E-state index contributed by atoms with van der Waals surface area (Å²) >= 11 is 0. The molecule has 1 aliphatic rings. The van der Waals surface area contributed by atoms with Gasteiger partial charge in [0, 0.05) is 42.1 Å². The van der Waals surface area contributed by atoms with Gasteiger partial charge in [0.05, 0.1) is 0 Å². The normalized spacial score (nSPS) is 21.1. The molecule has 0 saturated carbocycles. The van der Waals surface area contributed by atoms with Crippen molar-refractivity contribution < 1.29 is 0 Å². The van der Waals surface area contributed by atoms with Crippen LogP contribution in [0.3, 0.4) is 0 Å². The molecule has 0 amide bonds. The van der Waals surface area contributed by atoms with Crippen molar-refractivity contribution in [3.8, 4) is 0 Å². The summed E-state index contributed by atoms with van der Waals surface area (Å²) in [5.41, 5.74) is 2.93. The highest BCUT2D eigenvalue weighted by atomic mass is 16.1. The lowest BCUT2D eigenvalue weighted by Crippen LogP contribution is -2.30. The molecule has 1 aromatic heterocycles. The Hall–Kier alpha value is -1.13. The standard InChI is InChI=1S/C16H27N3O/c1-12-10-17-15(13(2)16(12)20)11-19-8-5-6-14(7-9-19)18(3)4/h10,14H,5-9,11H2,1-4H3,(H,17,20). The smallest absolute Gasteiger partial charge is 0.187 e. The van der Waals surface area contributed by atoms with Crippen molar-refractivity contribution in [3.63, 3.8) is 0 Å². The largest absolute Gasteiger partial charge is 0.363 e. The lowest BCUT2D eigenvalue weighted by Gasteiger charge is -2.23. The first kappa shape index (κ1) is 15.3. The lowest BCUT2D eigenvalue weighted by atomic mass is 10.1. The zero-order chi connectivity index (χ0) is 14.7. The predicted octanol–water partition coefficient (Wildman–Crippen LogP) is 1.91. The number of aryl methyl sites for hydroxylation is 1. The van der Waals surface area contributed by atoms with Crippen molar-refractivity contribution in [2.24, 2.45) is 0 Å². The van der Waals surface area contributed by atoms with Crippen molar-refractivity contribution in [2.75, 3.05) is 27.2 Å². The monoisotopic (exact) mass is 277 g/mol. The Morgan fingerprint density at radius 2 is 2.05 bits per heavy atom. The molecular formula is C16H27N3O. The van der Waals surface area contributed by atoms with Gasteiger partial charge in [-0.05, 0) is 53.8 Å². The van der Waals surface area contributed by atoms with E-state index in [0.717, 1.165) is 36.5 Å². The van der Waals surface area contributed by atoms with Gasteiger partial charge in [0.25, 0.3) is 0 Å². The van der Waals surface area contributed by atoms with Crippen LogP contribution in [0.1, 0.15) is 36.1 Å². The number of nitrogens with one attached hydrogen (secondary N) is 1. The highest BCUT2D eigenvalue weighted by Gasteiger charge is 2.19. The second kappa shape index (κ2) is 6.55. The van der Waals surface area contributed by atoms with Crippen LogP contribution in [0.4, 0.5) is 0 Å². The minimum Gasteiger partial charge on any atom is -0.363 e. The van der Waals surface area contributed by atoms with E-state index < -0.39 is 0 Å². The van der Waals surface area contributed by atoms with Crippen LogP contribution in [0, 0.1) is 13.8 Å². The maximum absolute atomic E-state index is 12.0. The zero-order valence-electron chi connectivity index (χ0n) is 13.2. The number of aromatic amines is 1. The molecule has 0 spiro atoms. The Morgan fingerprint density at radius 1 is 1.30 bits per heavy atom. The van der Waals surface area contributed by atoms with E-state index in [0.29, 0.717) is 6.04 Å². The van der Waals surface area contributed by atoms with Gasteiger partial charge >= 0.3 is 0 Å². The van der Waals surface area contributed by atoms with E-state index in [-0.39, 0.29) is 5.43 Å². The summed E-state index contributed by atoms with van der Waals surface area (Å²) in [7, 11) is 4.34. The molecule has 4 heteroatoms. The van der Waals surface area contributed by atoms with E-state index in [2.05, 4.69) is 28.9 Å². The van der Waals surface area contributed by atoms with E-state index in [9.17, 15) is 4.79 Å². The summed E-state index contributed by atoms with van der Waals surface area (Å²) < 4.78 is 0. The molecule has 1 aromatic rings. The molecule has 1 N–H and O–H groups in total. The van der Waals surface area contributed by atoms with Crippen LogP contribution >= 0.6 is 0 Å². The van der Waals surface area contributed by atoms with Gasteiger partial charge < -0.3 is 9.88 Å². The first-order valence-electron chi connectivity index (χ1n) is 7.55. The van der Waals surface area contributed by atoms with E-state index in [1.165, 1.54) is 19.3 Å². The van der Waals surface area contributed by atoms with E-state index >= 15 is 0 Å². The lowest BCUT2D eigenvalue weighted by molar-refractivity contribution is 0.243. The van der Waals surface area contributed by atoms with Crippen LogP contribution in [-0.4, -0.2) is 48.0 Å². The maximum Gasteiger partial charge on any atom is 0.187 e. The Bertz CT molecular complexity index is 507. The number of aromatic nitrogens is 1. The molecule has 20 heavy (non-hydrogen) atoms. The number of hydrogen-bond acceptors (Lipinski definition) is 3. The predicted molar refractivity (Wildman–Crippen MR) is 83.1 cm³/mol. The van der Waals surface area contributed by atoms with Crippen molar-refractivity contribution in [2.45, 2.75) is 45.7 Å². The molecule has 2 heterocycles. The average molecular weight is 277 g/mol. The molecule has 4 nitrogen and oxygen atoms in total. The summed E-state index contributed by atoms with van der Waals surface area (Å²) in [6.45, 7) is 6.89. The maximum atomic E-state index is 12.0. The highest BCUT2D eigenvalue weighted by molar-refractivity contribution is 5.23. The molecule has 0 bridgehead atoms. The minimum atomic E-state index is 0.180. The quantitative estimate of drug-likeness (QED) is 0.917. The molecule has 1 fully saturated rings. The van der Waals surface area contributed by atoms with Crippen LogP contribution in [-0.2, 0) is 6.54 Å². The Morgan fingerprint density at radius 3 is 2.75 bits per heavy atom. The van der Waals surface area contributed by atoms with Crippen LogP contribution in [0.2, 0.25) is 0 Å². The second-order valence-electron chi connectivity index (χ2n) is 6.23. The molecule has 1 saturated heterocycles. The van der Waals surface area contributed by atoms with E-state index in [1.54, 1.807) is 0 Å². The summed E-state index contributed by atoms with van der Waals surface area (Å²) in [6.07, 6.45) is 5.55. The van der Waals surface area contributed by atoms with Gasteiger partial charge in [-0.15, -0.1) is 0 Å². The van der Waals surface area contributed by atoms with E-state index in [4.69, 9.17) is 0 Å². The van der Waals surface area contributed by atoms with Gasteiger partial charge in [0.2, 0.25) is 0 Å². The molecule has 1 unspecified atom stereocenters. The second-order valence-corrected chi connectivity index (χ2v) is 6.23. The van der Waals surface area contributed by atoms with Gasteiger partial charge in [0.15, 0.2) is 5.43 Å². The van der Waals surface area contributed by atoms with E-state index in [1.807, 2.05) is 20.0 Å². The number of hydrogen-bond donors (Lipinski definition) is 1. The third kappa shape index (κ3) is 3.49. The Labute approximate surface area is 121 Å². The summed E-state index contributed by atoms with van der Waals surface area (Å²) in [6, 6.07) is 0.693. The van der Waals surface area contributed by atoms with Gasteiger partial charge in [-0.3, -0.25) is 9.69 Å². The Balaban J connectivity index is 2.04. The Kier molecular flexibility index (Phi) is 5.00. The third-order valence-electron chi connectivity index (χ3n) is 4.52. The van der Waals surface area contributed by atoms with Crippen molar-refractivity contribution in [1.29, 1.82) is 0 Å². The zero-order valence-corrected chi connectivity index (χ0v) is 13.2. The van der Waals surface area contributed by atoms with Crippen LogP contribution in [0.25, 0.3) is 0 Å². The van der Waals surface area contributed by atoms with Gasteiger partial charge in [-0.25, -0.2) is 0 Å². The topological polar surface area (TPSA) is 39.3 Å².